The zero-order valence-electron chi connectivity index (χ0n) is 9.53. The molecule has 2 aliphatic rings. The number of nitrogens with zero attached hydrogens (tertiary/aromatic N) is 2. The second-order valence-electron chi connectivity index (χ2n) is 4.60. The molecule has 0 aromatic heterocycles. The molecule has 0 bridgehead atoms. The lowest BCUT2D eigenvalue weighted by Gasteiger charge is -2.36. The van der Waals surface area contributed by atoms with Crippen LogP contribution in [0.4, 0.5) is 0 Å². The summed E-state index contributed by atoms with van der Waals surface area (Å²) < 4.78 is 0. The number of rotatable bonds is 3. The monoisotopic (exact) mass is 233 g/mol. The highest BCUT2D eigenvalue weighted by atomic mass is 35.5. The van der Waals surface area contributed by atoms with Gasteiger partial charge in [0.2, 0.25) is 0 Å². The fourth-order valence-electron chi connectivity index (χ4n) is 2.80. The maximum absolute atomic E-state index is 5.56. The van der Waals surface area contributed by atoms with Crippen molar-refractivity contribution in [2.45, 2.75) is 31.7 Å². The Bertz CT molecular complexity index is 163. The van der Waals surface area contributed by atoms with Gasteiger partial charge in [0.25, 0.3) is 0 Å². The van der Waals surface area contributed by atoms with Crippen LogP contribution >= 0.6 is 12.4 Å². The maximum atomic E-state index is 5.56. The normalized spacial score (nSPS) is 25.4. The third-order valence-electron chi connectivity index (χ3n) is 3.66. The third-order valence-corrected chi connectivity index (χ3v) is 3.66. The Morgan fingerprint density at radius 1 is 1.00 bits per heavy atom. The van der Waals surface area contributed by atoms with Crippen LogP contribution in [0.2, 0.25) is 0 Å². The smallest absolute Gasteiger partial charge is 0.0120 e. The van der Waals surface area contributed by atoms with E-state index in [0.29, 0.717) is 0 Å². The van der Waals surface area contributed by atoms with Gasteiger partial charge >= 0.3 is 0 Å². The van der Waals surface area contributed by atoms with E-state index >= 15 is 0 Å². The van der Waals surface area contributed by atoms with Crippen LogP contribution in [0.3, 0.4) is 0 Å². The Balaban J connectivity index is 0.00000112. The van der Waals surface area contributed by atoms with Crippen LogP contribution in [0.15, 0.2) is 0 Å². The fourth-order valence-corrected chi connectivity index (χ4v) is 2.80. The van der Waals surface area contributed by atoms with E-state index in [9.17, 15) is 0 Å². The van der Waals surface area contributed by atoms with Crippen molar-refractivity contribution in [3.63, 3.8) is 0 Å². The van der Waals surface area contributed by atoms with Crippen LogP contribution in [0.1, 0.15) is 25.7 Å². The summed E-state index contributed by atoms with van der Waals surface area (Å²) in [5.74, 6) is 0. The minimum Gasteiger partial charge on any atom is -0.329 e. The molecule has 0 aromatic rings. The van der Waals surface area contributed by atoms with Gasteiger partial charge in [-0.3, -0.25) is 0 Å². The summed E-state index contributed by atoms with van der Waals surface area (Å²) in [5.41, 5.74) is 5.56. The van der Waals surface area contributed by atoms with Gasteiger partial charge in [0.15, 0.2) is 0 Å². The maximum Gasteiger partial charge on any atom is 0.0120 e. The van der Waals surface area contributed by atoms with Gasteiger partial charge in [-0.25, -0.2) is 0 Å². The second-order valence-corrected chi connectivity index (χ2v) is 4.60. The van der Waals surface area contributed by atoms with Gasteiger partial charge in [-0.15, -0.1) is 12.4 Å². The highest BCUT2D eigenvalue weighted by Gasteiger charge is 2.25. The van der Waals surface area contributed by atoms with Crippen molar-refractivity contribution in [2.75, 3.05) is 39.3 Å². The first-order chi connectivity index (χ1) is 6.90. The van der Waals surface area contributed by atoms with Gasteiger partial charge in [0.05, 0.1) is 0 Å². The first kappa shape index (κ1) is 13.2. The molecule has 0 atom stereocenters. The van der Waals surface area contributed by atoms with Gasteiger partial charge in [-0.2, -0.15) is 0 Å². The van der Waals surface area contributed by atoms with Crippen molar-refractivity contribution >= 4 is 12.4 Å². The topological polar surface area (TPSA) is 32.5 Å². The van der Waals surface area contributed by atoms with Gasteiger partial charge in [-0.1, -0.05) is 0 Å². The molecule has 3 nitrogen and oxygen atoms in total. The van der Waals surface area contributed by atoms with Crippen molar-refractivity contribution in [3.05, 3.63) is 0 Å². The van der Waals surface area contributed by atoms with E-state index in [0.717, 1.165) is 19.1 Å². The third kappa shape index (κ3) is 3.59. The molecule has 2 aliphatic heterocycles. The molecule has 2 heterocycles. The number of piperidine rings is 1. The van der Waals surface area contributed by atoms with Gasteiger partial charge < -0.3 is 15.5 Å². The number of likely N-dealkylation sites (tertiary alicyclic amines) is 2. The standard InChI is InChI=1S/C11H23N3.ClH/c12-5-10-13-8-3-11(4-9-13)14-6-1-2-7-14;/h11H,1-10,12H2;1H. The van der Waals surface area contributed by atoms with Crippen LogP contribution in [-0.4, -0.2) is 55.1 Å². The molecule has 0 radical (unpaired) electrons. The van der Waals surface area contributed by atoms with E-state index in [4.69, 9.17) is 5.73 Å². The second kappa shape index (κ2) is 6.69. The first-order valence-electron chi connectivity index (χ1n) is 6.06. The Hall–Kier alpha value is 0.170. The fraction of sp³-hybridized carbons (Fsp3) is 1.00. The van der Waals surface area contributed by atoms with E-state index < -0.39 is 0 Å². The van der Waals surface area contributed by atoms with Crippen molar-refractivity contribution < 1.29 is 0 Å². The van der Waals surface area contributed by atoms with Crippen LogP contribution < -0.4 is 5.73 Å². The molecule has 2 fully saturated rings. The van der Waals surface area contributed by atoms with Crippen LogP contribution in [0.5, 0.6) is 0 Å². The molecule has 0 aliphatic carbocycles. The van der Waals surface area contributed by atoms with Gasteiger partial charge in [0, 0.05) is 19.1 Å². The Morgan fingerprint density at radius 2 is 1.60 bits per heavy atom. The van der Waals surface area contributed by atoms with Gasteiger partial charge in [0.1, 0.15) is 0 Å². The molecule has 15 heavy (non-hydrogen) atoms. The lowest BCUT2D eigenvalue weighted by molar-refractivity contribution is 0.129. The lowest BCUT2D eigenvalue weighted by atomic mass is 10.0. The molecule has 0 saturated carbocycles. The highest BCUT2D eigenvalue weighted by molar-refractivity contribution is 5.85. The van der Waals surface area contributed by atoms with E-state index in [1.807, 2.05) is 0 Å². The van der Waals surface area contributed by atoms with Crippen LogP contribution in [-0.2, 0) is 0 Å². The average Bonchev–Trinajstić information content (AvgIpc) is 2.72. The Kier molecular flexibility index (Phi) is 5.90. The summed E-state index contributed by atoms with van der Waals surface area (Å²) >= 11 is 0. The van der Waals surface area contributed by atoms with E-state index in [1.165, 1.54) is 51.9 Å². The first-order valence-corrected chi connectivity index (χ1v) is 6.06. The number of hydrogen-bond donors (Lipinski definition) is 1. The molecular formula is C11H24ClN3. The number of nitrogens with two attached hydrogens (primary N) is 1. The van der Waals surface area contributed by atoms with Crippen molar-refractivity contribution in [2.24, 2.45) is 5.73 Å². The predicted molar refractivity (Wildman–Crippen MR) is 66.6 cm³/mol. The molecule has 0 unspecified atom stereocenters. The molecule has 0 spiro atoms. The molecule has 2 rings (SSSR count). The minimum absolute atomic E-state index is 0. The average molecular weight is 234 g/mol. The summed E-state index contributed by atoms with van der Waals surface area (Å²) in [6.07, 6.45) is 5.56. The predicted octanol–water partition coefficient (Wildman–Crippen LogP) is 0.927. The van der Waals surface area contributed by atoms with Crippen molar-refractivity contribution in [1.82, 2.24) is 9.80 Å². The molecule has 4 heteroatoms. The molecule has 0 aromatic carbocycles. The molecule has 0 amide bonds. The Morgan fingerprint density at radius 3 is 2.13 bits per heavy atom. The number of hydrogen-bond acceptors (Lipinski definition) is 3. The van der Waals surface area contributed by atoms with E-state index in [-0.39, 0.29) is 12.4 Å². The zero-order valence-corrected chi connectivity index (χ0v) is 10.3. The highest BCUT2D eigenvalue weighted by Crippen LogP contribution is 2.20. The minimum atomic E-state index is 0. The van der Waals surface area contributed by atoms with Crippen molar-refractivity contribution in [1.29, 1.82) is 0 Å². The Labute approximate surface area is 99.4 Å². The SMILES string of the molecule is Cl.NCCN1CCC(N2CCCC2)CC1. The molecule has 90 valence electrons. The molecule has 2 saturated heterocycles. The van der Waals surface area contributed by atoms with Crippen LogP contribution in [0.25, 0.3) is 0 Å². The molecule has 2 N–H and O–H groups in total. The number of halogens is 1. The summed E-state index contributed by atoms with van der Waals surface area (Å²) in [7, 11) is 0. The summed E-state index contributed by atoms with van der Waals surface area (Å²) in [4.78, 5) is 5.20. The summed E-state index contributed by atoms with van der Waals surface area (Å²) in [5, 5.41) is 0. The quantitative estimate of drug-likeness (QED) is 0.787. The van der Waals surface area contributed by atoms with Crippen molar-refractivity contribution in [3.8, 4) is 0 Å². The van der Waals surface area contributed by atoms with E-state index in [1.54, 1.807) is 0 Å². The van der Waals surface area contributed by atoms with E-state index in [2.05, 4.69) is 9.80 Å². The zero-order chi connectivity index (χ0) is 9.80. The van der Waals surface area contributed by atoms with Crippen LogP contribution in [0, 0.1) is 0 Å². The summed E-state index contributed by atoms with van der Waals surface area (Å²) in [6.45, 7) is 7.13. The van der Waals surface area contributed by atoms with Gasteiger partial charge in [-0.05, 0) is 51.9 Å². The largest absolute Gasteiger partial charge is 0.329 e. The molecular weight excluding hydrogens is 210 g/mol. The summed E-state index contributed by atoms with van der Waals surface area (Å²) in [6, 6.07) is 0.881. The lowest BCUT2D eigenvalue weighted by Crippen LogP contribution is -2.45.